The molecule has 1 aromatic rings. The first kappa shape index (κ1) is 14.8. The number of nitrogens with one attached hydrogen (secondary N) is 1. The summed E-state index contributed by atoms with van der Waals surface area (Å²) in [6, 6.07) is 4.27. The monoisotopic (exact) mass is 299 g/mol. The van der Waals surface area contributed by atoms with Crippen LogP contribution in [0.2, 0.25) is 5.02 Å². The highest BCUT2D eigenvalue weighted by Crippen LogP contribution is 2.31. The highest BCUT2D eigenvalue weighted by atomic mass is 35.5. The maximum atomic E-state index is 13.0. The van der Waals surface area contributed by atoms with Crippen molar-refractivity contribution in [2.75, 3.05) is 0 Å². The Balaban J connectivity index is 1.86. The molecule has 2 rings (SSSR count). The maximum absolute atomic E-state index is 13.0. The summed E-state index contributed by atoms with van der Waals surface area (Å²) in [6.07, 6.45) is 1.51. The molecule has 0 saturated heterocycles. The van der Waals surface area contributed by atoms with Crippen molar-refractivity contribution in [1.82, 2.24) is 5.32 Å². The van der Waals surface area contributed by atoms with Crippen LogP contribution in [0.3, 0.4) is 0 Å². The second-order valence-corrected chi connectivity index (χ2v) is 5.42. The van der Waals surface area contributed by atoms with Gasteiger partial charge in [-0.3, -0.25) is 9.59 Å². The Morgan fingerprint density at radius 2 is 2.05 bits per heavy atom. The van der Waals surface area contributed by atoms with Crippen LogP contribution in [0.25, 0.3) is 0 Å². The van der Waals surface area contributed by atoms with Crippen molar-refractivity contribution in [3.63, 3.8) is 0 Å². The summed E-state index contributed by atoms with van der Waals surface area (Å²) in [5.74, 6) is -2.18. The van der Waals surface area contributed by atoms with Crippen LogP contribution in [0.15, 0.2) is 18.2 Å². The average Bonchev–Trinajstić information content (AvgIpc) is 2.89. The number of benzene rings is 1. The van der Waals surface area contributed by atoms with Gasteiger partial charge in [-0.25, -0.2) is 4.39 Å². The molecule has 2 N–H and O–H groups in total. The van der Waals surface area contributed by atoms with E-state index < -0.39 is 17.7 Å². The number of rotatable bonds is 4. The van der Waals surface area contributed by atoms with E-state index in [0.717, 1.165) is 0 Å². The van der Waals surface area contributed by atoms with Gasteiger partial charge >= 0.3 is 5.97 Å². The SMILES string of the molecule is O=C(O)[C@H]1CC[C@@H](C(=O)NCc2ccc(F)c(Cl)c2)C1. The standard InChI is InChI=1S/C14H15ClFNO3/c15-11-5-8(1-4-12(11)16)7-17-13(18)9-2-3-10(6-9)14(19)20/h1,4-5,9-10H,2-3,6-7H2,(H,17,18)(H,19,20)/t9-,10+/m1/s1. The zero-order valence-corrected chi connectivity index (χ0v) is 11.5. The number of carboxylic acid groups (broad SMARTS) is 1. The number of hydrogen-bond acceptors (Lipinski definition) is 2. The fourth-order valence-corrected chi connectivity index (χ4v) is 2.63. The van der Waals surface area contributed by atoms with E-state index in [9.17, 15) is 14.0 Å². The number of carbonyl (C=O) groups excluding carboxylic acids is 1. The summed E-state index contributed by atoms with van der Waals surface area (Å²) in [6.45, 7) is 0.257. The topological polar surface area (TPSA) is 66.4 Å². The molecule has 20 heavy (non-hydrogen) atoms. The molecular formula is C14H15ClFNO3. The van der Waals surface area contributed by atoms with Gasteiger partial charge in [-0.1, -0.05) is 17.7 Å². The first-order valence-corrected chi connectivity index (χ1v) is 6.79. The van der Waals surface area contributed by atoms with Gasteiger partial charge in [-0.05, 0) is 37.0 Å². The highest BCUT2D eigenvalue weighted by Gasteiger charge is 2.33. The Morgan fingerprint density at radius 1 is 1.35 bits per heavy atom. The van der Waals surface area contributed by atoms with Crippen molar-refractivity contribution in [1.29, 1.82) is 0 Å². The van der Waals surface area contributed by atoms with Crippen molar-refractivity contribution in [3.05, 3.63) is 34.6 Å². The van der Waals surface area contributed by atoms with Crippen LogP contribution >= 0.6 is 11.6 Å². The van der Waals surface area contributed by atoms with Crippen LogP contribution in [-0.4, -0.2) is 17.0 Å². The molecule has 1 aliphatic carbocycles. The summed E-state index contributed by atoms with van der Waals surface area (Å²) in [4.78, 5) is 22.8. The van der Waals surface area contributed by atoms with E-state index >= 15 is 0 Å². The lowest BCUT2D eigenvalue weighted by molar-refractivity contribution is -0.141. The molecule has 0 aliphatic heterocycles. The number of hydrogen-bond donors (Lipinski definition) is 2. The first-order valence-electron chi connectivity index (χ1n) is 6.42. The third kappa shape index (κ3) is 3.48. The lowest BCUT2D eigenvalue weighted by Crippen LogP contribution is -2.29. The zero-order chi connectivity index (χ0) is 14.7. The fraction of sp³-hybridized carbons (Fsp3) is 0.429. The lowest BCUT2D eigenvalue weighted by atomic mass is 10.0. The van der Waals surface area contributed by atoms with Gasteiger partial charge in [0.1, 0.15) is 5.82 Å². The Hall–Kier alpha value is -1.62. The number of amides is 1. The zero-order valence-electron chi connectivity index (χ0n) is 10.7. The second kappa shape index (κ2) is 6.22. The summed E-state index contributed by atoms with van der Waals surface area (Å²) < 4.78 is 13.0. The van der Waals surface area contributed by atoms with E-state index in [2.05, 4.69) is 5.32 Å². The van der Waals surface area contributed by atoms with E-state index in [0.29, 0.717) is 24.8 Å². The molecule has 6 heteroatoms. The van der Waals surface area contributed by atoms with E-state index in [1.54, 1.807) is 6.07 Å². The number of carboxylic acids is 1. The number of halogens is 2. The fourth-order valence-electron chi connectivity index (χ4n) is 2.43. The van der Waals surface area contributed by atoms with E-state index in [1.165, 1.54) is 12.1 Å². The van der Waals surface area contributed by atoms with Crippen molar-refractivity contribution in [2.45, 2.75) is 25.8 Å². The van der Waals surface area contributed by atoms with E-state index in [-0.39, 0.29) is 23.4 Å². The third-order valence-corrected chi connectivity index (χ3v) is 3.89. The summed E-state index contributed by atoms with van der Waals surface area (Å²) in [5, 5.41) is 11.6. The van der Waals surface area contributed by atoms with Crippen LogP contribution in [0, 0.1) is 17.7 Å². The molecule has 1 aromatic carbocycles. The minimum Gasteiger partial charge on any atom is -0.481 e. The molecule has 0 heterocycles. The molecule has 0 bridgehead atoms. The van der Waals surface area contributed by atoms with Gasteiger partial charge in [-0.2, -0.15) is 0 Å². The van der Waals surface area contributed by atoms with Crippen molar-refractivity contribution in [3.8, 4) is 0 Å². The van der Waals surface area contributed by atoms with Gasteiger partial charge in [0.15, 0.2) is 0 Å². The summed E-state index contributed by atoms with van der Waals surface area (Å²) >= 11 is 5.66. The van der Waals surface area contributed by atoms with Crippen LogP contribution in [-0.2, 0) is 16.1 Å². The van der Waals surface area contributed by atoms with Gasteiger partial charge < -0.3 is 10.4 Å². The van der Waals surface area contributed by atoms with Crippen LogP contribution in [0.5, 0.6) is 0 Å². The highest BCUT2D eigenvalue weighted by molar-refractivity contribution is 6.30. The lowest BCUT2D eigenvalue weighted by Gasteiger charge is -2.11. The Kier molecular flexibility index (Phi) is 4.60. The Bertz CT molecular complexity index is 535. The van der Waals surface area contributed by atoms with Crippen LogP contribution < -0.4 is 5.32 Å². The van der Waals surface area contributed by atoms with Gasteiger partial charge in [0.05, 0.1) is 10.9 Å². The molecule has 1 aliphatic rings. The van der Waals surface area contributed by atoms with Crippen LogP contribution in [0.1, 0.15) is 24.8 Å². The van der Waals surface area contributed by atoms with E-state index in [4.69, 9.17) is 16.7 Å². The molecule has 1 fully saturated rings. The Morgan fingerprint density at radius 3 is 2.65 bits per heavy atom. The molecule has 0 unspecified atom stereocenters. The largest absolute Gasteiger partial charge is 0.481 e. The molecule has 0 aromatic heterocycles. The number of carbonyl (C=O) groups is 2. The minimum absolute atomic E-state index is 0.0172. The predicted molar refractivity (Wildman–Crippen MR) is 71.7 cm³/mol. The molecular weight excluding hydrogens is 285 g/mol. The third-order valence-electron chi connectivity index (χ3n) is 3.60. The Labute approximate surface area is 120 Å². The van der Waals surface area contributed by atoms with Crippen molar-refractivity contribution >= 4 is 23.5 Å². The molecule has 4 nitrogen and oxygen atoms in total. The molecule has 0 radical (unpaired) electrons. The minimum atomic E-state index is -0.842. The molecule has 0 spiro atoms. The van der Waals surface area contributed by atoms with Crippen LogP contribution in [0.4, 0.5) is 4.39 Å². The quantitative estimate of drug-likeness (QED) is 0.898. The van der Waals surface area contributed by atoms with Gasteiger partial charge in [0, 0.05) is 12.5 Å². The van der Waals surface area contributed by atoms with Crippen molar-refractivity contribution in [2.24, 2.45) is 11.8 Å². The van der Waals surface area contributed by atoms with E-state index in [1.807, 2.05) is 0 Å². The average molecular weight is 300 g/mol. The van der Waals surface area contributed by atoms with Gasteiger partial charge in [0.25, 0.3) is 0 Å². The predicted octanol–water partition coefficient (Wildman–Crippen LogP) is 2.60. The summed E-state index contributed by atoms with van der Waals surface area (Å²) in [5.41, 5.74) is 0.706. The van der Waals surface area contributed by atoms with Crippen molar-refractivity contribution < 1.29 is 19.1 Å². The molecule has 108 valence electrons. The second-order valence-electron chi connectivity index (χ2n) is 5.01. The molecule has 2 atom stereocenters. The van der Waals surface area contributed by atoms with Gasteiger partial charge in [0.2, 0.25) is 5.91 Å². The normalized spacial score (nSPS) is 21.7. The number of aliphatic carboxylic acids is 1. The summed E-state index contributed by atoms with van der Waals surface area (Å²) in [7, 11) is 0. The van der Waals surface area contributed by atoms with Gasteiger partial charge in [-0.15, -0.1) is 0 Å². The molecule has 1 saturated carbocycles. The first-order chi connectivity index (χ1) is 9.47. The molecule has 1 amide bonds. The maximum Gasteiger partial charge on any atom is 0.306 e. The smallest absolute Gasteiger partial charge is 0.306 e.